The summed E-state index contributed by atoms with van der Waals surface area (Å²) in [7, 11) is 0. The molecule has 1 unspecified atom stereocenters. The molecular formula is C41H68O5. The van der Waals surface area contributed by atoms with Crippen molar-refractivity contribution in [3.05, 3.63) is 72.9 Å². The van der Waals surface area contributed by atoms with Gasteiger partial charge in [0.1, 0.15) is 6.61 Å². The standard InChI is InChI=1S/C41H68O5/c1-3-5-7-9-11-13-15-17-18-19-20-21-22-24-26-28-30-32-34-36-41(44)46-39(37-42)38-45-40(43)35-33-31-29-27-25-23-16-14-12-10-8-6-4-2/h11,13-14,16-18,20-21,24,26,30,32,39,42H,3-10,12,15,19,22-23,25,27-29,31,33-38H2,1-2H3. The minimum Gasteiger partial charge on any atom is -0.462 e. The summed E-state index contributed by atoms with van der Waals surface area (Å²) in [5.74, 6) is -0.705. The van der Waals surface area contributed by atoms with Gasteiger partial charge >= 0.3 is 11.9 Å². The van der Waals surface area contributed by atoms with Crippen LogP contribution < -0.4 is 0 Å². The zero-order valence-electron chi connectivity index (χ0n) is 29.6. The van der Waals surface area contributed by atoms with E-state index in [2.05, 4.69) is 74.6 Å². The molecule has 5 nitrogen and oxygen atoms in total. The van der Waals surface area contributed by atoms with Crippen LogP contribution in [0.4, 0.5) is 0 Å². The van der Waals surface area contributed by atoms with Gasteiger partial charge in [-0.2, -0.15) is 0 Å². The predicted molar refractivity (Wildman–Crippen MR) is 196 cm³/mol. The molecule has 0 aromatic rings. The van der Waals surface area contributed by atoms with E-state index in [9.17, 15) is 14.7 Å². The first-order chi connectivity index (χ1) is 22.6. The molecule has 0 spiro atoms. The van der Waals surface area contributed by atoms with Gasteiger partial charge in [-0.25, -0.2) is 0 Å². The van der Waals surface area contributed by atoms with E-state index in [4.69, 9.17) is 9.47 Å². The lowest BCUT2D eigenvalue weighted by Gasteiger charge is -2.15. The van der Waals surface area contributed by atoms with E-state index in [0.717, 1.165) is 51.4 Å². The molecule has 0 aromatic heterocycles. The van der Waals surface area contributed by atoms with Crippen molar-refractivity contribution >= 4 is 11.9 Å². The number of aliphatic hydroxyl groups is 1. The minimum absolute atomic E-state index is 0.103. The van der Waals surface area contributed by atoms with Crippen molar-refractivity contribution < 1.29 is 24.2 Å². The molecule has 0 amide bonds. The molecule has 0 rings (SSSR count). The molecule has 0 radical (unpaired) electrons. The predicted octanol–water partition coefficient (Wildman–Crippen LogP) is 11.4. The van der Waals surface area contributed by atoms with E-state index in [-0.39, 0.29) is 25.6 Å². The SMILES string of the molecule is CCCCCC=CCC=CCC=CCC=CCC=CCCC(=O)OC(CO)COC(=O)CCCCCCCC=CCCCCCC. The van der Waals surface area contributed by atoms with Crippen molar-refractivity contribution in [2.75, 3.05) is 13.2 Å². The van der Waals surface area contributed by atoms with Gasteiger partial charge in [0.2, 0.25) is 0 Å². The summed E-state index contributed by atoms with van der Waals surface area (Å²) in [5, 5.41) is 9.52. The fourth-order valence-electron chi connectivity index (χ4n) is 4.65. The Morgan fingerprint density at radius 3 is 1.46 bits per heavy atom. The number of hydrogen-bond donors (Lipinski definition) is 1. The number of ether oxygens (including phenoxy) is 2. The van der Waals surface area contributed by atoms with E-state index < -0.39 is 12.1 Å². The summed E-state index contributed by atoms with van der Waals surface area (Å²) in [6.45, 7) is 4.00. The van der Waals surface area contributed by atoms with Gasteiger partial charge in [-0.3, -0.25) is 9.59 Å². The monoisotopic (exact) mass is 641 g/mol. The Hall–Kier alpha value is -2.66. The molecule has 5 heteroatoms. The van der Waals surface area contributed by atoms with Gasteiger partial charge in [0.15, 0.2) is 6.10 Å². The van der Waals surface area contributed by atoms with E-state index in [1.165, 1.54) is 70.6 Å². The van der Waals surface area contributed by atoms with E-state index in [1.54, 1.807) is 0 Å². The number of esters is 2. The molecule has 0 aliphatic heterocycles. The van der Waals surface area contributed by atoms with Crippen molar-refractivity contribution in [1.29, 1.82) is 0 Å². The van der Waals surface area contributed by atoms with Gasteiger partial charge < -0.3 is 14.6 Å². The average molecular weight is 641 g/mol. The van der Waals surface area contributed by atoms with Crippen LogP contribution in [-0.2, 0) is 19.1 Å². The average Bonchev–Trinajstić information content (AvgIpc) is 3.06. The molecule has 0 aliphatic carbocycles. The first-order valence-corrected chi connectivity index (χ1v) is 18.5. The van der Waals surface area contributed by atoms with Crippen molar-refractivity contribution in [2.45, 2.75) is 161 Å². The quantitative estimate of drug-likeness (QED) is 0.0450. The highest BCUT2D eigenvalue weighted by molar-refractivity contribution is 5.70. The first kappa shape index (κ1) is 43.3. The maximum atomic E-state index is 12.1. The summed E-state index contributed by atoms with van der Waals surface area (Å²) in [5.41, 5.74) is 0. The summed E-state index contributed by atoms with van der Waals surface area (Å²) in [6.07, 6.45) is 48.2. The zero-order valence-corrected chi connectivity index (χ0v) is 29.6. The van der Waals surface area contributed by atoms with Crippen LogP contribution in [0.25, 0.3) is 0 Å². The zero-order chi connectivity index (χ0) is 33.6. The Labute approximate surface area is 283 Å². The topological polar surface area (TPSA) is 72.8 Å². The van der Waals surface area contributed by atoms with Crippen molar-refractivity contribution in [3.8, 4) is 0 Å². The third kappa shape index (κ3) is 34.2. The molecule has 0 saturated carbocycles. The van der Waals surface area contributed by atoms with E-state index in [1.807, 2.05) is 12.2 Å². The molecule has 0 fully saturated rings. The Bertz CT molecular complexity index is 864. The third-order valence-corrected chi connectivity index (χ3v) is 7.49. The lowest BCUT2D eigenvalue weighted by molar-refractivity contribution is -0.161. The Morgan fingerprint density at radius 2 is 0.913 bits per heavy atom. The second-order valence-corrected chi connectivity index (χ2v) is 11.9. The smallest absolute Gasteiger partial charge is 0.306 e. The number of allylic oxidation sites excluding steroid dienone is 12. The molecule has 0 saturated heterocycles. The normalized spacial score (nSPS) is 13.0. The lowest BCUT2D eigenvalue weighted by atomic mass is 10.1. The van der Waals surface area contributed by atoms with Gasteiger partial charge in [-0.05, 0) is 77.0 Å². The first-order valence-electron chi connectivity index (χ1n) is 18.5. The third-order valence-electron chi connectivity index (χ3n) is 7.49. The van der Waals surface area contributed by atoms with Crippen molar-refractivity contribution in [1.82, 2.24) is 0 Å². The fourth-order valence-corrected chi connectivity index (χ4v) is 4.65. The summed E-state index contributed by atoms with van der Waals surface area (Å²) < 4.78 is 10.5. The van der Waals surface area contributed by atoms with Gasteiger partial charge in [0.05, 0.1) is 6.61 Å². The molecule has 1 atom stereocenters. The maximum absolute atomic E-state index is 12.1. The number of aliphatic hydroxyl groups excluding tert-OH is 1. The van der Waals surface area contributed by atoms with E-state index >= 15 is 0 Å². The number of hydrogen-bond acceptors (Lipinski definition) is 5. The van der Waals surface area contributed by atoms with Crippen LogP contribution in [-0.4, -0.2) is 36.4 Å². The molecule has 0 bridgehead atoms. The Balaban J connectivity index is 3.75. The fraction of sp³-hybridized carbons (Fsp3) is 0.659. The molecule has 46 heavy (non-hydrogen) atoms. The van der Waals surface area contributed by atoms with Crippen molar-refractivity contribution in [2.24, 2.45) is 0 Å². The number of unbranched alkanes of at least 4 members (excludes halogenated alkanes) is 12. The van der Waals surface area contributed by atoms with Crippen LogP contribution in [0.5, 0.6) is 0 Å². The van der Waals surface area contributed by atoms with Crippen LogP contribution >= 0.6 is 0 Å². The van der Waals surface area contributed by atoms with Crippen molar-refractivity contribution in [3.63, 3.8) is 0 Å². The summed E-state index contributed by atoms with van der Waals surface area (Å²) in [6, 6.07) is 0. The van der Waals surface area contributed by atoms with Gasteiger partial charge in [-0.15, -0.1) is 0 Å². The molecule has 0 aliphatic rings. The maximum Gasteiger partial charge on any atom is 0.306 e. The molecule has 262 valence electrons. The van der Waals surface area contributed by atoms with Gasteiger partial charge in [-0.1, -0.05) is 138 Å². The Kier molecular flexibility index (Phi) is 34.7. The second kappa shape index (κ2) is 36.8. The largest absolute Gasteiger partial charge is 0.462 e. The summed E-state index contributed by atoms with van der Waals surface area (Å²) in [4.78, 5) is 24.1. The highest BCUT2D eigenvalue weighted by Crippen LogP contribution is 2.10. The molecule has 0 heterocycles. The molecule has 1 N–H and O–H groups in total. The van der Waals surface area contributed by atoms with Crippen LogP contribution in [0.3, 0.4) is 0 Å². The van der Waals surface area contributed by atoms with Gasteiger partial charge in [0, 0.05) is 12.8 Å². The van der Waals surface area contributed by atoms with Crippen LogP contribution in [0.2, 0.25) is 0 Å². The second-order valence-electron chi connectivity index (χ2n) is 11.9. The Morgan fingerprint density at radius 1 is 0.500 bits per heavy atom. The molecular weight excluding hydrogens is 572 g/mol. The number of carbonyl (C=O) groups excluding carboxylic acids is 2. The highest BCUT2D eigenvalue weighted by atomic mass is 16.6. The van der Waals surface area contributed by atoms with Crippen LogP contribution in [0.15, 0.2) is 72.9 Å². The van der Waals surface area contributed by atoms with E-state index in [0.29, 0.717) is 12.8 Å². The minimum atomic E-state index is -0.816. The van der Waals surface area contributed by atoms with Gasteiger partial charge in [0.25, 0.3) is 0 Å². The summed E-state index contributed by atoms with van der Waals surface area (Å²) >= 11 is 0. The molecule has 0 aromatic carbocycles. The number of rotatable bonds is 32. The van der Waals surface area contributed by atoms with Crippen LogP contribution in [0.1, 0.15) is 155 Å². The highest BCUT2D eigenvalue weighted by Gasteiger charge is 2.15. The number of carbonyl (C=O) groups is 2. The van der Waals surface area contributed by atoms with Crippen LogP contribution in [0, 0.1) is 0 Å². The lowest BCUT2D eigenvalue weighted by Crippen LogP contribution is -2.28.